The number of carbonyl (C=O) groups is 1. The SMILES string of the molecule is Cc1cccc(CNC(=O)[C@H](C)N(c2ccc(F)c(F)c2)S(C)(=O)=O)c1. The second kappa shape index (κ2) is 7.82. The van der Waals surface area contributed by atoms with Crippen LogP contribution in [0.4, 0.5) is 14.5 Å². The van der Waals surface area contributed by atoms with Crippen molar-refractivity contribution < 1.29 is 22.0 Å². The van der Waals surface area contributed by atoms with Crippen LogP contribution in [0.2, 0.25) is 0 Å². The van der Waals surface area contributed by atoms with Crippen molar-refractivity contribution in [2.75, 3.05) is 10.6 Å². The molecule has 140 valence electrons. The van der Waals surface area contributed by atoms with E-state index >= 15 is 0 Å². The highest BCUT2D eigenvalue weighted by Crippen LogP contribution is 2.23. The monoisotopic (exact) mass is 382 g/mol. The van der Waals surface area contributed by atoms with Gasteiger partial charge in [-0.15, -0.1) is 0 Å². The Bertz CT molecular complexity index is 916. The number of nitrogens with zero attached hydrogens (tertiary/aromatic N) is 1. The predicted molar refractivity (Wildman–Crippen MR) is 96.2 cm³/mol. The van der Waals surface area contributed by atoms with Crippen molar-refractivity contribution in [1.82, 2.24) is 5.32 Å². The Hall–Kier alpha value is -2.48. The van der Waals surface area contributed by atoms with Crippen molar-refractivity contribution in [3.8, 4) is 0 Å². The molecule has 0 saturated heterocycles. The van der Waals surface area contributed by atoms with Gasteiger partial charge in [0.2, 0.25) is 15.9 Å². The van der Waals surface area contributed by atoms with E-state index in [1.807, 2.05) is 31.2 Å². The maximum atomic E-state index is 13.5. The van der Waals surface area contributed by atoms with Gasteiger partial charge in [0, 0.05) is 12.6 Å². The number of amides is 1. The first-order valence-corrected chi connectivity index (χ1v) is 9.72. The topological polar surface area (TPSA) is 66.5 Å². The highest BCUT2D eigenvalue weighted by atomic mass is 32.2. The van der Waals surface area contributed by atoms with Crippen molar-refractivity contribution in [1.29, 1.82) is 0 Å². The molecule has 0 saturated carbocycles. The zero-order valence-corrected chi connectivity index (χ0v) is 15.5. The Kier molecular flexibility index (Phi) is 5.97. The second-order valence-electron chi connectivity index (χ2n) is 6.04. The van der Waals surface area contributed by atoms with Gasteiger partial charge in [-0.05, 0) is 31.5 Å². The minimum atomic E-state index is -3.90. The first-order valence-electron chi connectivity index (χ1n) is 7.87. The standard InChI is InChI=1S/C18H20F2N2O3S/c1-12-5-4-6-14(9-12)11-21-18(23)13(2)22(26(3,24)25)15-7-8-16(19)17(20)10-15/h4-10,13H,11H2,1-3H3,(H,21,23)/t13-/m0/s1. The summed E-state index contributed by atoms with van der Waals surface area (Å²) in [5, 5.41) is 2.66. The zero-order valence-electron chi connectivity index (χ0n) is 14.7. The minimum absolute atomic E-state index is 0.121. The van der Waals surface area contributed by atoms with E-state index in [2.05, 4.69) is 5.32 Å². The van der Waals surface area contributed by atoms with Crippen molar-refractivity contribution in [2.24, 2.45) is 0 Å². The molecule has 0 bridgehead atoms. The van der Waals surface area contributed by atoms with Gasteiger partial charge in [-0.2, -0.15) is 0 Å². The highest BCUT2D eigenvalue weighted by molar-refractivity contribution is 7.92. The fraction of sp³-hybridized carbons (Fsp3) is 0.278. The van der Waals surface area contributed by atoms with Crippen LogP contribution in [0.25, 0.3) is 0 Å². The number of rotatable bonds is 6. The Balaban J connectivity index is 2.22. The molecule has 26 heavy (non-hydrogen) atoms. The molecule has 0 aliphatic rings. The van der Waals surface area contributed by atoms with Crippen molar-refractivity contribution >= 4 is 21.6 Å². The zero-order chi connectivity index (χ0) is 19.5. The van der Waals surface area contributed by atoms with Gasteiger partial charge in [0.15, 0.2) is 11.6 Å². The van der Waals surface area contributed by atoms with Crippen LogP contribution in [-0.2, 0) is 21.4 Å². The number of aryl methyl sites for hydroxylation is 1. The number of nitrogens with one attached hydrogen (secondary N) is 1. The normalized spacial score (nSPS) is 12.5. The Morgan fingerprint density at radius 2 is 1.85 bits per heavy atom. The largest absolute Gasteiger partial charge is 0.350 e. The summed E-state index contributed by atoms with van der Waals surface area (Å²) in [6.45, 7) is 3.52. The molecule has 0 aliphatic heterocycles. The van der Waals surface area contributed by atoms with Crippen LogP contribution in [0.1, 0.15) is 18.1 Å². The van der Waals surface area contributed by atoms with E-state index in [9.17, 15) is 22.0 Å². The average molecular weight is 382 g/mol. The molecule has 2 rings (SSSR count). The number of anilines is 1. The first kappa shape index (κ1) is 19.8. The molecule has 2 aromatic rings. The van der Waals surface area contributed by atoms with Crippen molar-refractivity contribution in [2.45, 2.75) is 26.4 Å². The summed E-state index contributed by atoms with van der Waals surface area (Å²) in [4.78, 5) is 12.4. The van der Waals surface area contributed by atoms with Crippen LogP contribution >= 0.6 is 0 Å². The van der Waals surface area contributed by atoms with Crippen LogP contribution in [0, 0.1) is 18.6 Å². The third-order valence-electron chi connectivity index (χ3n) is 3.80. The quantitative estimate of drug-likeness (QED) is 0.835. The number of carbonyl (C=O) groups excluding carboxylic acids is 1. The lowest BCUT2D eigenvalue weighted by Gasteiger charge is -2.28. The summed E-state index contributed by atoms with van der Waals surface area (Å²) in [5.41, 5.74) is 1.78. The third-order valence-corrected chi connectivity index (χ3v) is 5.04. The summed E-state index contributed by atoms with van der Waals surface area (Å²) in [5.74, 6) is -2.84. The minimum Gasteiger partial charge on any atom is -0.350 e. The van der Waals surface area contributed by atoms with E-state index in [4.69, 9.17) is 0 Å². The summed E-state index contributed by atoms with van der Waals surface area (Å²) < 4.78 is 51.6. The number of halogens is 2. The van der Waals surface area contributed by atoms with Gasteiger partial charge in [-0.3, -0.25) is 9.10 Å². The second-order valence-corrected chi connectivity index (χ2v) is 7.90. The first-order chi connectivity index (χ1) is 12.1. The Morgan fingerprint density at radius 3 is 2.42 bits per heavy atom. The molecule has 0 spiro atoms. The molecule has 1 N–H and O–H groups in total. The van der Waals surface area contributed by atoms with E-state index in [0.717, 1.165) is 39.9 Å². The third kappa shape index (κ3) is 4.78. The molecule has 5 nitrogen and oxygen atoms in total. The predicted octanol–water partition coefficient (Wildman–Crippen LogP) is 2.74. The fourth-order valence-corrected chi connectivity index (χ4v) is 3.76. The van der Waals surface area contributed by atoms with Crippen LogP contribution in [0.3, 0.4) is 0 Å². The van der Waals surface area contributed by atoms with Gasteiger partial charge in [0.25, 0.3) is 0 Å². The lowest BCUT2D eigenvalue weighted by Crippen LogP contribution is -2.47. The lowest BCUT2D eigenvalue weighted by molar-refractivity contribution is -0.122. The van der Waals surface area contributed by atoms with Gasteiger partial charge < -0.3 is 5.32 Å². The molecule has 1 atom stereocenters. The summed E-state index contributed by atoms with van der Waals surface area (Å²) >= 11 is 0. The number of hydrogen-bond donors (Lipinski definition) is 1. The van der Waals surface area contributed by atoms with E-state index < -0.39 is 33.6 Å². The molecule has 0 fully saturated rings. The maximum absolute atomic E-state index is 13.5. The van der Waals surface area contributed by atoms with Crippen molar-refractivity contribution in [3.05, 3.63) is 65.2 Å². The van der Waals surface area contributed by atoms with E-state index in [0.29, 0.717) is 0 Å². The van der Waals surface area contributed by atoms with Gasteiger partial charge in [-0.25, -0.2) is 17.2 Å². The molecule has 0 aliphatic carbocycles. The smallest absolute Gasteiger partial charge is 0.243 e. The van der Waals surface area contributed by atoms with Crippen LogP contribution in [0.5, 0.6) is 0 Å². The molecule has 0 unspecified atom stereocenters. The Morgan fingerprint density at radius 1 is 1.15 bits per heavy atom. The van der Waals surface area contributed by atoms with Gasteiger partial charge in [0.05, 0.1) is 11.9 Å². The molecular formula is C18H20F2N2O3S. The molecule has 0 heterocycles. The van der Waals surface area contributed by atoms with Crippen molar-refractivity contribution in [3.63, 3.8) is 0 Å². The molecule has 2 aromatic carbocycles. The molecule has 0 aromatic heterocycles. The average Bonchev–Trinajstić information content (AvgIpc) is 2.55. The number of hydrogen-bond acceptors (Lipinski definition) is 3. The molecule has 1 amide bonds. The Labute approximate surface area is 151 Å². The van der Waals surface area contributed by atoms with Gasteiger partial charge >= 0.3 is 0 Å². The lowest BCUT2D eigenvalue weighted by atomic mass is 10.1. The molecular weight excluding hydrogens is 362 g/mol. The maximum Gasteiger partial charge on any atom is 0.243 e. The van der Waals surface area contributed by atoms with Gasteiger partial charge in [-0.1, -0.05) is 29.8 Å². The van der Waals surface area contributed by atoms with E-state index in [-0.39, 0.29) is 12.2 Å². The summed E-state index contributed by atoms with van der Waals surface area (Å²) in [7, 11) is -3.90. The number of sulfonamides is 1. The molecule has 8 heteroatoms. The summed E-state index contributed by atoms with van der Waals surface area (Å²) in [6.07, 6.45) is 0.901. The fourth-order valence-electron chi connectivity index (χ4n) is 2.59. The number of benzene rings is 2. The van der Waals surface area contributed by atoms with Crippen LogP contribution in [-0.4, -0.2) is 26.6 Å². The van der Waals surface area contributed by atoms with Crippen LogP contribution < -0.4 is 9.62 Å². The van der Waals surface area contributed by atoms with Gasteiger partial charge in [0.1, 0.15) is 6.04 Å². The highest BCUT2D eigenvalue weighted by Gasteiger charge is 2.29. The molecule has 0 radical (unpaired) electrons. The van der Waals surface area contributed by atoms with E-state index in [1.54, 1.807) is 0 Å². The summed E-state index contributed by atoms with van der Waals surface area (Å²) in [6, 6.07) is 9.05. The van der Waals surface area contributed by atoms with E-state index in [1.165, 1.54) is 6.92 Å². The van der Waals surface area contributed by atoms with Crippen LogP contribution in [0.15, 0.2) is 42.5 Å².